The van der Waals surface area contributed by atoms with Crippen LogP contribution in [0.15, 0.2) is 54.6 Å². The molecule has 0 amide bonds. The topological polar surface area (TPSA) is 9.86 Å². The second kappa shape index (κ2) is 5.31. The Kier molecular flexibility index (Phi) is 2.90. The van der Waals surface area contributed by atoms with E-state index in [4.69, 9.17) is 0 Å². The average Bonchev–Trinajstić information content (AvgIpc) is 3.37. The van der Waals surface area contributed by atoms with Crippen LogP contribution >= 0.6 is 11.3 Å². The Morgan fingerprint density at radius 2 is 1.55 bits per heavy atom. The number of rotatable bonds is 0. The van der Waals surface area contributed by atoms with Crippen molar-refractivity contribution < 1.29 is 0 Å². The van der Waals surface area contributed by atoms with Gasteiger partial charge in [0.15, 0.2) is 0 Å². The van der Waals surface area contributed by atoms with Crippen molar-refractivity contribution in [2.45, 2.75) is 12.8 Å². The zero-order valence-corrected chi connectivity index (χ0v) is 17.3. The summed E-state index contributed by atoms with van der Waals surface area (Å²) < 4.78 is 7.58. The van der Waals surface area contributed by atoms with Crippen LogP contribution in [0.25, 0.3) is 59.0 Å². The van der Waals surface area contributed by atoms with E-state index in [1.54, 1.807) is 0 Å². The summed E-state index contributed by atoms with van der Waals surface area (Å²) in [6.07, 6.45) is 6.87. The fourth-order valence-electron chi connectivity index (χ4n) is 5.55. The maximum absolute atomic E-state index is 2.47. The number of hydrogen-bond donors (Lipinski definition) is 0. The van der Waals surface area contributed by atoms with E-state index in [0.29, 0.717) is 0 Å². The van der Waals surface area contributed by atoms with Crippen LogP contribution in [-0.2, 0) is 20.5 Å². The molecule has 0 spiro atoms. The highest BCUT2D eigenvalue weighted by Crippen LogP contribution is 2.44. The van der Waals surface area contributed by atoms with Gasteiger partial charge in [0.1, 0.15) is 0 Å². The van der Waals surface area contributed by atoms with Crippen molar-refractivity contribution in [2.24, 2.45) is 14.1 Å². The minimum Gasteiger partial charge on any atom is -0.344 e. The van der Waals surface area contributed by atoms with E-state index < -0.39 is 0 Å². The highest BCUT2D eigenvalue weighted by molar-refractivity contribution is 7.26. The summed E-state index contributed by atoms with van der Waals surface area (Å²) in [5, 5.41) is 6.95. The van der Waals surface area contributed by atoms with Gasteiger partial charge in [0.25, 0.3) is 0 Å². The highest BCUT2D eigenvalue weighted by atomic mass is 32.1. The highest BCUT2D eigenvalue weighted by Gasteiger charge is 2.22. The molecule has 3 heteroatoms. The Morgan fingerprint density at radius 1 is 0.759 bits per heavy atom. The van der Waals surface area contributed by atoms with E-state index in [0.717, 1.165) is 12.8 Å². The molecule has 1 aliphatic rings. The van der Waals surface area contributed by atoms with Gasteiger partial charge in [-0.1, -0.05) is 36.4 Å². The van der Waals surface area contributed by atoms with E-state index >= 15 is 0 Å². The fraction of sp³-hybridized carbons (Fsp3) is 0.154. The summed E-state index contributed by atoms with van der Waals surface area (Å²) in [4.78, 5) is 0. The zero-order valence-electron chi connectivity index (χ0n) is 16.5. The molecule has 2 nitrogen and oxygen atoms in total. The van der Waals surface area contributed by atoms with Crippen molar-refractivity contribution in [1.29, 1.82) is 0 Å². The Bertz CT molecular complexity index is 1670. The predicted molar refractivity (Wildman–Crippen MR) is 127 cm³/mol. The number of fused-ring (bicyclic) bond motifs is 11. The molecule has 140 valence electrons. The van der Waals surface area contributed by atoms with Crippen LogP contribution in [0.3, 0.4) is 0 Å². The summed E-state index contributed by atoms with van der Waals surface area (Å²) in [5.74, 6) is 0. The molecule has 6 aromatic rings. The first kappa shape index (κ1) is 15.8. The van der Waals surface area contributed by atoms with Crippen molar-refractivity contribution in [3.05, 3.63) is 65.9 Å². The Balaban J connectivity index is 1.78. The molecule has 1 aliphatic carbocycles. The van der Waals surface area contributed by atoms with Crippen LogP contribution in [0, 0.1) is 0 Å². The van der Waals surface area contributed by atoms with Crippen molar-refractivity contribution >= 4 is 70.3 Å². The Hall–Kier alpha value is -3.04. The van der Waals surface area contributed by atoms with E-state index in [9.17, 15) is 0 Å². The molecule has 0 atom stereocenters. The maximum Gasteiger partial charge on any atom is 0.0587 e. The van der Waals surface area contributed by atoms with E-state index in [1.807, 2.05) is 11.3 Å². The lowest BCUT2D eigenvalue weighted by molar-refractivity contribution is 0.908. The van der Waals surface area contributed by atoms with Crippen molar-refractivity contribution in [2.75, 3.05) is 0 Å². The summed E-state index contributed by atoms with van der Waals surface area (Å²) in [6, 6.07) is 18.1. The number of nitrogens with zero attached hydrogens (tertiary/aromatic N) is 2. The van der Waals surface area contributed by atoms with Gasteiger partial charge in [-0.2, -0.15) is 0 Å². The van der Waals surface area contributed by atoms with Gasteiger partial charge < -0.3 is 9.13 Å². The molecule has 0 N–H and O–H groups in total. The number of thiophene rings is 1. The first-order chi connectivity index (χ1) is 14.2. The van der Waals surface area contributed by atoms with Gasteiger partial charge in [-0.25, -0.2) is 0 Å². The smallest absolute Gasteiger partial charge is 0.0587 e. The molecule has 0 fully saturated rings. The van der Waals surface area contributed by atoms with Crippen LogP contribution in [0.1, 0.15) is 17.7 Å². The molecule has 7 rings (SSSR count). The van der Waals surface area contributed by atoms with Crippen LogP contribution in [-0.4, -0.2) is 9.13 Å². The van der Waals surface area contributed by atoms with Crippen LogP contribution < -0.4 is 0 Å². The van der Waals surface area contributed by atoms with Crippen LogP contribution in [0.4, 0.5) is 0 Å². The maximum atomic E-state index is 2.47. The Morgan fingerprint density at radius 3 is 2.45 bits per heavy atom. The lowest BCUT2D eigenvalue weighted by Gasteiger charge is -2.07. The third kappa shape index (κ3) is 1.82. The quantitative estimate of drug-likeness (QED) is 0.260. The van der Waals surface area contributed by atoms with Gasteiger partial charge >= 0.3 is 0 Å². The van der Waals surface area contributed by atoms with Gasteiger partial charge in [0.2, 0.25) is 0 Å². The van der Waals surface area contributed by atoms with Gasteiger partial charge in [0.05, 0.1) is 16.6 Å². The van der Waals surface area contributed by atoms with Crippen LogP contribution in [0.5, 0.6) is 0 Å². The zero-order chi connectivity index (χ0) is 19.3. The number of aromatic nitrogens is 2. The van der Waals surface area contributed by atoms with Crippen molar-refractivity contribution in [3.63, 3.8) is 0 Å². The molecule has 0 radical (unpaired) electrons. The molecular weight excluding hydrogens is 372 g/mol. The first-order valence-electron chi connectivity index (χ1n) is 10.2. The summed E-state index contributed by atoms with van der Waals surface area (Å²) in [5.41, 5.74) is 6.97. The number of aryl methyl sites for hydroxylation is 3. The molecule has 3 heterocycles. The monoisotopic (exact) mass is 392 g/mol. The predicted octanol–water partition coefficient (Wildman–Crippen LogP) is 7.15. The molecule has 0 bridgehead atoms. The molecule has 0 aliphatic heterocycles. The number of hydrogen-bond acceptors (Lipinski definition) is 1. The molecule has 0 saturated heterocycles. The number of allylic oxidation sites excluding steroid dienone is 1. The third-order valence-corrected chi connectivity index (χ3v) is 7.94. The number of benzene rings is 3. The molecular formula is C26H20N2S. The van der Waals surface area contributed by atoms with E-state index in [1.165, 1.54) is 64.1 Å². The van der Waals surface area contributed by atoms with Gasteiger partial charge in [-0.15, -0.1) is 11.3 Å². The van der Waals surface area contributed by atoms with E-state index in [-0.39, 0.29) is 0 Å². The summed E-state index contributed by atoms with van der Waals surface area (Å²) in [6.45, 7) is 0. The fourth-order valence-corrected chi connectivity index (χ4v) is 6.66. The molecule has 29 heavy (non-hydrogen) atoms. The van der Waals surface area contributed by atoms with E-state index in [2.05, 4.69) is 83.9 Å². The summed E-state index contributed by atoms with van der Waals surface area (Å²) >= 11 is 1.90. The van der Waals surface area contributed by atoms with Gasteiger partial charge in [0, 0.05) is 56.1 Å². The van der Waals surface area contributed by atoms with Crippen molar-refractivity contribution in [3.8, 4) is 0 Å². The minimum absolute atomic E-state index is 1.13. The molecule has 3 aromatic heterocycles. The first-order valence-corrected chi connectivity index (χ1v) is 11.0. The molecule has 0 saturated carbocycles. The minimum atomic E-state index is 1.13. The lowest BCUT2D eigenvalue weighted by Crippen LogP contribution is -1.96. The van der Waals surface area contributed by atoms with Gasteiger partial charge in [-0.05, 0) is 42.7 Å². The largest absolute Gasteiger partial charge is 0.344 e. The normalized spacial score (nSPS) is 14.1. The standard InChI is InChI=1S/C26H20N2S/c1-27-19-9-5-3-7-17(19)23-20(27)13-11-15-16-12-14-22-24(26(16)28(2)25(15)23)18-8-4-6-10-21(18)29-22/h4-6,8-14H,3,7H2,1-2H3. The van der Waals surface area contributed by atoms with Crippen molar-refractivity contribution in [1.82, 2.24) is 9.13 Å². The third-order valence-electron chi connectivity index (χ3n) is 6.80. The summed E-state index contributed by atoms with van der Waals surface area (Å²) in [7, 11) is 4.46. The van der Waals surface area contributed by atoms with Crippen LogP contribution in [0.2, 0.25) is 0 Å². The SMILES string of the molecule is Cn1c2c(c3c1ccc1c4ccc5sc6ccccc6c5c4n(C)c13)CCC=C2. The lowest BCUT2D eigenvalue weighted by atomic mass is 9.99. The average molecular weight is 393 g/mol. The molecule has 3 aromatic carbocycles. The second-order valence-corrected chi connectivity index (χ2v) is 9.30. The Labute approximate surface area is 172 Å². The molecule has 0 unspecified atom stereocenters. The van der Waals surface area contributed by atoms with Gasteiger partial charge in [-0.3, -0.25) is 0 Å². The second-order valence-electron chi connectivity index (χ2n) is 8.21.